The smallest absolute Gasteiger partial charge is 0.0891 e. The molecule has 1 heterocycles. The number of aliphatic hydroxyl groups excluding tert-OH is 1. The van der Waals surface area contributed by atoms with Gasteiger partial charge < -0.3 is 9.84 Å². The van der Waals surface area contributed by atoms with E-state index in [1.165, 1.54) is 6.42 Å². The van der Waals surface area contributed by atoms with E-state index in [2.05, 4.69) is 0 Å². The SMILES string of the molecule is OC1C2CCCOC12. The number of ether oxygens (including phenoxy) is 1. The Labute approximate surface area is 48.5 Å². The van der Waals surface area contributed by atoms with Gasteiger partial charge in [-0.15, -0.1) is 0 Å². The first-order valence-corrected chi connectivity index (χ1v) is 3.19. The zero-order valence-corrected chi connectivity index (χ0v) is 4.71. The van der Waals surface area contributed by atoms with E-state index in [0.29, 0.717) is 5.92 Å². The molecule has 3 atom stereocenters. The highest BCUT2D eigenvalue weighted by Gasteiger charge is 2.51. The van der Waals surface area contributed by atoms with Crippen LogP contribution in [-0.2, 0) is 4.74 Å². The summed E-state index contributed by atoms with van der Waals surface area (Å²) >= 11 is 0. The summed E-state index contributed by atoms with van der Waals surface area (Å²) < 4.78 is 5.21. The van der Waals surface area contributed by atoms with Crippen LogP contribution in [-0.4, -0.2) is 23.9 Å². The highest BCUT2D eigenvalue weighted by atomic mass is 16.5. The molecule has 0 bridgehead atoms. The van der Waals surface area contributed by atoms with E-state index in [4.69, 9.17) is 9.84 Å². The lowest BCUT2D eigenvalue weighted by Gasteiger charge is -2.06. The van der Waals surface area contributed by atoms with Gasteiger partial charge in [-0.05, 0) is 12.8 Å². The maximum atomic E-state index is 9.00. The maximum Gasteiger partial charge on any atom is 0.0891 e. The monoisotopic (exact) mass is 114 g/mol. The molecule has 2 fully saturated rings. The molecule has 2 nitrogen and oxygen atoms in total. The van der Waals surface area contributed by atoms with Crippen LogP contribution in [0.5, 0.6) is 0 Å². The average Bonchev–Trinajstić information content (AvgIpc) is 2.46. The minimum absolute atomic E-state index is 0.113. The Bertz CT molecular complexity index is 90.7. The minimum Gasteiger partial charge on any atom is -0.390 e. The second-order valence-electron chi connectivity index (χ2n) is 2.63. The van der Waals surface area contributed by atoms with Crippen molar-refractivity contribution in [2.45, 2.75) is 25.0 Å². The summed E-state index contributed by atoms with van der Waals surface area (Å²) in [7, 11) is 0. The van der Waals surface area contributed by atoms with Crippen molar-refractivity contribution in [3.8, 4) is 0 Å². The number of fused-ring (bicyclic) bond motifs is 1. The molecular weight excluding hydrogens is 104 g/mol. The van der Waals surface area contributed by atoms with Crippen LogP contribution < -0.4 is 0 Å². The van der Waals surface area contributed by atoms with Gasteiger partial charge in [0.2, 0.25) is 0 Å². The summed E-state index contributed by atoms with van der Waals surface area (Å²) in [6, 6.07) is 0. The van der Waals surface area contributed by atoms with E-state index < -0.39 is 0 Å². The van der Waals surface area contributed by atoms with Crippen molar-refractivity contribution in [1.29, 1.82) is 0 Å². The van der Waals surface area contributed by atoms with Gasteiger partial charge in [0.1, 0.15) is 0 Å². The minimum atomic E-state index is -0.113. The Morgan fingerprint density at radius 3 is 2.88 bits per heavy atom. The lowest BCUT2D eigenvalue weighted by Crippen LogP contribution is -2.06. The normalized spacial score (nSPS) is 52.9. The van der Waals surface area contributed by atoms with Crippen molar-refractivity contribution in [2.75, 3.05) is 6.61 Å². The van der Waals surface area contributed by atoms with Gasteiger partial charge in [-0.25, -0.2) is 0 Å². The third kappa shape index (κ3) is 0.501. The second kappa shape index (κ2) is 1.45. The fourth-order valence-electron chi connectivity index (χ4n) is 1.42. The van der Waals surface area contributed by atoms with Crippen LogP contribution in [0.25, 0.3) is 0 Å². The summed E-state index contributed by atoms with van der Waals surface area (Å²) in [6.07, 6.45) is 2.42. The summed E-state index contributed by atoms with van der Waals surface area (Å²) in [5.41, 5.74) is 0. The Kier molecular flexibility index (Phi) is 0.866. The van der Waals surface area contributed by atoms with Crippen molar-refractivity contribution >= 4 is 0 Å². The van der Waals surface area contributed by atoms with Gasteiger partial charge >= 0.3 is 0 Å². The molecule has 2 rings (SSSR count). The molecular formula is C6H10O2. The first-order chi connectivity index (χ1) is 3.89. The maximum absolute atomic E-state index is 9.00. The van der Waals surface area contributed by atoms with Gasteiger partial charge in [0.15, 0.2) is 0 Å². The number of hydrogen-bond donors (Lipinski definition) is 1. The van der Waals surface area contributed by atoms with E-state index in [-0.39, 0.29) is 12.2 Å². The molecule has 0 aromatic carbocycles. The Balaban J connectivity index is 1.97. The molecule has 1 saturated carbocycles. The van der Waals surface area contributed by atoms with Gasteiger partial charge in [0.05, 0.1) is 12.2 Å². The van der Waals surface area contributed by atoms with E-state index >= 15 is 0 Å². The fourth-order valence-corrected chi connectivity index (χ4v) is 1.42. The lowest BCUT2D eigenvalue weighted by atomic mass is 10.2. The van der Waals surface area contributed by atoms with Gasteiger partial charge in [-0.3, -0.25) is 0 Å². The Morgan fingerprint density at radius 1 is 1.50 bits per heavy atom. The molecule has 0 spiro atoms. The quantitative estimate of drug-likeness (QED) is 0.486. The molecule has 2 heteroatoms. The molecule has 0 aromatic rings. The first kappa shape index (κ1) is 4.77. The van der Waals surface area contributed by atoms with Crippen LogP contribution in [0, 0.1) is 5.92 Å². The summed E-state index contributed by atoms with van der Waals surface area (Å²) in [5, 5.41) is 9.00. The zero-order valence-electron chi connectivity index (χ0n) is 4.71. The van der Waals surface area contributed by atoms with Crippen molar-refractivity contribution < 1.29 is 9.84 Å². The molecule has 0 radical (unpaired) electrons. The number of rotatable bonds is 0. The Morgan fingerprint density at radius 2 is 2.38 bits per heavy atom. The second-order valence-corrected chi connectivity index (χ2v) is 2.63. The van der Waals surface area contributed by atoms with Gasteiger partial charge in [0, 0.05) is 12.5 Å². The van der Waals surface area contributed by atoms with Crippen molar-refractivity contribution in [2.24, 2.45) is 5.92 Å². The average molecular weight is 114 g/mol. The van der Waals surface area contributed by atoms with Crippen LogP contribution in [0.2, 0.25) is 0 Å². The van der Waals surface area contributed by atoms with E-state index in [0.717, 1.165) is 13.0 Å². The molecule has 3 unspecified atom stereocenters. The highest BCUT2D eigenvalue weighted by Crippen LogP contribution is 2.41. The Hall–Kier alpha value is -0.0800. The number of hydrogen-bond acceptors (Lipinski definition) is 2. The molecule has 2 aliphatic rings. The van der Waals surface area contributed by atoms with Crippen molar-refractivity contribution in [3.63, 3.8) is 0 Å². The molecule has 0 amide bonds. The summed E-state index contributed by atoms with van der Waals surface area (Å²) in [5.74, 6) is 0.503. The molecule has 1 aliphatic carbocycles. The van der Waals surface area contributed by atoms with Crippen LogP contribution in [0.4, 0.5) is 0 Å². The standard InChI is InChI=1S/C6H10O2/c7-5-4-2-1-3-8-6(4)5/h4-7H,1-3H2. The summed E-state index contributed by atoms with van der Waals surface area (Å²) in [4.78, 5) is 0. The van der Waals surface area contributed by atoms with E-state index in [1.807, 2.05) is 0 Å². The van der Waals surface area contributed by atoms with Crippen molar-refractivity contribution in [1.82, 2.24) is 0 Å². The third-order valence-corrected chi connectivity index (χ3v) is 2.05. The molecule has 46 valence electrons. The van der Waals surface area contributed by atoms with Gasteiger partial charge in [-0.2, -0.15) is 0 Å². The predicted octanol–water partition coefficient (Wildman–Crippen LogP) is 0.156. The molecule has 1 N–H and O–H groups in total. The molecule has 8 heavy (non-hydrogen) atoms. The van der Waals surface area contributed by atoms with Crippen molar-refractivity contribution in [3.05, 3.63) is 0 Å². The van der Waals surface area contributed by atoms with Gasteiger partial charge in [-0.1, -0.05) is 0 Å². The van der Waals surface area contributed by atoms with Crippen LogP contribution >= 0.6 is 0 Å². The zero-order chi connectivity index (χ0) is 5.56. The summed E-state index contributed by atoms with van der Waals surface area (Å²) in [6.45, 7) is 0.859. The van der Waals surface area contributed by atoms with Crippen LogP contribution in [0.1, 0.15) is 12.8 Å². The van der Waals surface area contributed by atoms with E-state index in [1.54, 1.807) is 0 Å². The molecule has 0 aromatic heterocycles. The van der Waals surface area contributed by atoms with E-state index in [9.17, 15) is 0 Å². The number of aliphatic hydroxyl groups is 1. The highest BCUT2D eigenvalue weighted by molar-refractivity contribution is 5.00. The van der Waals surface area contributed by atoms with Gasteiger partial charge in [0.25, 0.3) is 0 Å². The third-order valence-electron chi connectivity index (χ3n) is 2.05. The largest absolute Gasteiger partial charge is 0.390 e. The molecule has 1 saturated heterocycles. The van der Waals surface area contributed by atoms with Crippen LogP contribution in [0.15, 0.2) is 0 Å². The topological polar surface area (TPSA) is 29.5 Å². The lowest BCUT2D eigenvalue weighted by molar-refractivity contribution is 0.0642. The molecule has 1 aliphatic heterocycles. The predicted molar refractivity (Wildman–Crippen MR) is 28.5 cm³/mol. The van der Waals surface area contributed by atoms with Crippen LogP contribution in [0.3, 0.4) is 0 Å². The fraction of sp³-hybridized carbons (Fsp3) is 1.00. The first-order valence-electron chi connectivity index (χ1n) is 3.19.